The zero-order valence-corrected chi connectivity index (χ0v) is 14.0. The maximum absolute atomic E-state index is 11.9. The van der Waals surface area contributed by atoms with Crippen LogP contribution in [0.5, 0.6) is 5.75 Å². The summed E-state index contributed by atoms with van der Waals surface area (Å²) in [6.45, 7) is 1.61. The van der Waals surface area contributed by atoms with Crippen LogP contribution in [0.1, 0.15) is 12.5 Å². The Labute approximate surface area is 145 Å². The van der Waals surface area contributed by atoms with E-state index in [1.54, 1.807) is 55.6 Å². The molecule has 0 saturated carbocycles. The van der Waals surface area contributed by atoms with E-state index in [-0.39, 0.29) is 12.5 Å². The van der Waals surface area contributed by atoms with Crippen molar-refractivity contribution in [2.45, 2.75) is 13.5 Å². The lowest BCUT2D eigenvalue weighted by Gasteiger charge is -2.09. The number of ether oxygens (including phenoxy) is 1. The minimum absolute atomic E-state index is 0.222. The largest absolute Gasteiger partial charge is 0.497 e. The predicted molar refractivity (Wildman–Crippen MR) is 94.2 cm³/mol. The van der Waals surface area contributed by atoms with Crippen LogP contribution < -0.4 is 20.7 Å². The zero-order chi connectivity index (χ0) is 18.2. The molecule has 0 atom stereocenters. The number of hydrogen-bond donors (Lipinski definition) is 3. The van der Waals surface area contributed by atoms with Crippen LogP contribution in [-0.4, -0.2) is 24.8 Å². The van der Waals surface area contributed by atoms with Gasteiger partial charge in [0.2, 0.25) is 5.91 Å². The second-order valence-electron chi connectivity index (χ2n) is 5.25. The highest BCUT2D eigenvalue weighted by Crippen LogP contribution is 2.15. The third kappa shape index (κ3) is 5.65. The van der Waals surface area contributed by atoms with Gasteiger partial charge >= 0.3 is 11.8 Å². The van der Waals surface area contributed by atoms with Crippen LogP contribution in [0.15, 0.2) is 48.5 Å². The van der Waals surface area contributed by atoms with Crippen molar-refractivity contribution in [3.63, 3.8) is 0 Å². The molecule has 3 N–H and O–H groups in total. The summed E-state index contributed by atoms with van der Waals surface area (Å²) >= 11 is 0. The van der Waals surface area contributed by atoms with Crippen molar-refractivity contribution in [1.29, 1.82) is 0 Å². The molecule has 0 bridgehead atoms. The fourth-order valence-corrected chi connectivity index (χ4v) is 2.07. The Hall–Kier alpha value is -3.35. The maximum Gasteiger partial charge on any atom is 0.313 e. The van der Waals surface area contributed by atoms with Gasteiger partial charge in [0, 0.05) is 24.8 Å². The van der Waals surface area contributed by atoms with Crippen LogP contribution in [-0.2, 0) is 20.9 Å². The van der Waals surface area contributed by atoms with Gasteiger partial charge < -0.3 is 20.7 Å². The number of rotatable bonds is 5. The Bertz CT molecular complexity index is 772. The van der Waals surface area contributed by atoms with Crippen LogP contribution in [0.3, 0.4) is 0 Å². The number of carbonyl (C=O) groups is 3. The zero-order valence-electron chi connectivity index (χ0n) is 14.0. The van der Waals surface area contributed by atoms with Crippen LogP contribution in [0, 0.1) is 0 Å². The van der Waals surface area contributed by atoms with E-state index in [2.05, 4.69) is 16.0 Å². The van der Waals surface area contributed by atoms with Crippen molar-refractivity contribution in [1.82, 2.24) is 5.32 Å². The van der Waals surface area contributed by atoms with Crippen LogP contribution >= 0.6 is 0 Å². The van der Waals surface area contributed by atoms with Gasteiger partial charge in [0.25, 0.3) is 0 Å². The van der Waals surface area contributed by atoms with Crippen molar-refractivity contribution < 1.29 is 19.1 Å². The van der Waals surface area contributed by atoms with E-state index in [0.717, 1.165) is 5.56 Å². The molecule has 25 heavy (non-hydrogen) atoms. The summed E-state index contributed by atoms with van der Waals surface area (Å²) in [6.07, 6.45) is 0. The van der Waals surface area contributed by atoms with Gasteiger partial charge in [-0.05, 0) is 35.9 Å². The molecule has 0 aliphatic rings. The highest BCUT2D eigenvalue weighted by Gasteiger charge is 2.13. The van der Waals surface area contributed by atoms with Crippen LogP contribution in [0.4, 0.5) is 11.4 Å². The topological polar surface area (TPSA) is 96.5 Å². The smallest absolute Gasteiger partial charge is 0.313 e. The van der Waals surface area contributed by atoms with Crippen molar-refractivity contribution in [3.05, 3.63) is 54.1 Å². The fourth-order valence-electron chi connectivity index (χ4n) is 2.07. The lowest BCUT2D eigenvalue weighted by molar-refractivity contribution is -0.136. The van der Waals surface area contributed by atoms with E-state index >= 15 is 0 Å². The summed E-state index contributed by atoms with van der Waals surface area (Å²) in [4.78, 5) is 34.9. The van der Waals surface area contributed by atoms with Gasteiger partial charge in [-0.3, -0.25) is 14.4 Å². The van der Waals surface area contributed by atoms with E-state index < -0.39 is 11.8 Å². The van der Waals surface area contributed by atoms with Gasteiger partial charge in [0.15, 0.2) is 0 Å². The molecule has 0 fully saturated rings. The van der Waals surface area contributed by atoms with E-state index in [9.17, 15) is 14.4 Å². The molecule has 0 unspecified atom stereocenters. The highest BCUT2D eigenvalue weighted by atomic mass is 16.5. The molecule has 7 nitrogen and oxygen atoms in total. The Morgan fingerprint density at radius 1 is 0.920 bits per heavy atom. The molecule has 2 aromatic rings. The summed E-state index contributed by atoms with van der Waals surface area (Å²) in [7, 11) is 1.57. The standard InChI is InChI=1S/C18H19N3O4/c1-12(22)20-14-4-3-5-15(10-14)21-18(24)17(23)19-11-13-6-8-16(25-2)9-7-13/h3-10H,11H2,1-2H3,(H,19,23)(H,20,22)(H,21,24). The van der Waals surface area contributed by atoms with Gasteiger partial charge in [0.05, 0.1) is 7.11 Å². The van der Waals surface area contributed by atoms with Gasteiger partial charge in [0.1, 0.15) is 5.75 Å². The molecule has 0 aromatic heterocycles. The lowest BCUT2D eigenvalue weighted by atomic mass is 10.2. The molecular formula is C18H19N3O4. The van der Waals surface area contributed by atoms with Gasteiger partial charge in [-0.25, -0.2) is 0 Å². The predicted octanol–water partition coefficient (Wildman–Crippen LogP) is 1.91. The van der Waals surface area contributed by atoms with Gasteiger partial charge in [-0.15, -0.1) is 0 Å². The average Bonchev–Trinajstić information content (AvgIpc) is 2.59. The minimum Gasteiger partial charge on any atom is -0.497 e. The fraction of sp³-hybridized carbons (Fsp3) is 0.167. The first-order valence-corrected chi connectivity index (χ1v) is 7.57. The number of benzene rings is 2. The summed E-state index contributed by atoms with van der Waals surface area (Å²) in [5.74, 6) is -1.04. The SMILES string of the molecule is COc1ccc(CNC(=O)C(=O)Nc2cccc(NC(C)=O)c2)cc1. The number of nitrogens with one attached hydrogen (secondary N) is 3. The lowest BCUT2D eigenvalue weighted by Crippen LogP contribution is -2.34. The first kappa shape index (κ1) is 18.0. The van der Waals surface area contributed by atoms with E-state index in [4.69, 9.17) is 4.74 Å². The third-order valence-corrected chi connectivity index (χ3v) is 3.26. The van der Waals surface area contributed by atoms with Crippen LogP contribution in [0.2, 0.25) is 0 Å². The molecular weight excluding hydrogens is 322 g/mol. The van der Waals surface area contributed by atoms with Gasteiger partial charge in [-0.1, -0.05) is 18.2 Å². The molecule has 3 amide bonds. The summed E-state index contributed by atoms with van der Waals surface area (Å²) < 4.78 is 5.06. The third-order valence-electron chi connectivity index (χ3n) is 3.26. The molecule has 130 valence electrons. The quantitative estimate of drug-likeness (QED) is 0.724. The molecule has 0 saturated heterocycles. The van der Waals surface area contributed by atoms with Crippen molar-refractivity contribution >= 4 is 29.1 Å². The normalized spacial score (nSPS) is 9.84. The number of hydrogen-bond acceptors (Lipinski definition) is 4. The minimum atomic E-state index is -0.784. The van der Waals surface area contributed by atoms with Crippen molar-refractivity contribution in [3.8, 4) is 5.75 Å². The molecule has 0 radical (unpaired) electrons. The Balaban J connectivity index is 1.89. The van der Waals surface area contributed by atoms with E-state index in [1.165, 1.54) is 6.92 Å². The molecule has 0 heterocycles. The summed E-state index contributed by atoms with van der Waals surface area (Å²) in [6, 6.07) is 13.7. The molecule has 2 rings (SSSR count). The van der Waals surface area contributed by atoms with E-state index in [1.807, 2.05) is 0 Å². The Morgan fingerprint density at radius 3 is 2.16 bits per heavy atom. The Kier molecular flexibility index (Phi) is 6.11. The second kappa shape index (κ2) is 8.49. The monoisotopic (exact) mass is 341 g/mol. The first-order chi connectivity index (χ1) is 12.0. The second-order valence-corrected chi connectivity index (χ2v) is 5.25. The molecule has 7 heteroatoms. The van der Waals surface area contributed by atoms with Crippen molar-refractivity contribution in [2.24, 2.45) is 0 Å². The summed E-state index contributed by atoms with van der Waals surface area (Å²) in [5, 5.41) is 7.63. The number of amides is 3. The van der Waals surface area contributed by atoms with Crippen LogP contribution in [0.25, 0.3) is 0 Å². The molecule has 2 aromatic carbocycles. The van der Waals surface area contributed by atoms with E-state index in [0.29, 0.717) is 17.1 Å². The molecule has 0 aliphatic carbocycles. The number of methoxy groups -OCH3 is 1. The number of anilines is 2. The van der Waals surface area contributed by atoms with Crippen molar-refractivity contribution in [2.75, 3.05) is 17.7 Å². The molecule has 0 spiro atoms. The average molecular weight is 341 g/mol. The highest BCUT2D eigenvalue weighted by molar-refractivity contribution is 6.39. The first-order valence-electron chi connectivity index (χ1n) is 7.57. The molecule has 0 aliphatic heterocycles. The summed E-state index contributed by atoms with van der Waals surface area (Å²) in [5.41, 5.74) is 1.79. The van der Waals surface area contributed by atoms with Gasteiger partial charge in [-0.2, -0.15) is 0 Å². The maximum atomic E-state index is 11.9. The Morgan fingerprint density at radius 2 is 1.56 bits per heavy atom. The number of carbonyl (C=O) groups excluding carboxylic acids is 3.